The van der Waals surface area contributed by atoms with E-state index in [1.54, 1.807) is 0 Å². The van der Waals surface area contributed by atoms with Crippen LogP contribution in [0.15, 0.2) is 30.3 Å². The molecule has 0 aromatic heterocycles. The Bertz CT molecular complexity index is 272. The van der Waals surface area contributed by atoms with Gasteiger partial charge in [-0.25, -0.2) is 0 Å². The van der Waals surface area contributed by atoms with E-state index in [1.165, 1.54) is 5.56 Å². The summed E-state index contributed by atoms with van der Waals surface area (Å²) in [4.78, 5) is 0. The Morgan fingerprint density at radius 1 is 1.12 bits per heavy atom. The molecular formula is C14H22ClN. The fourth-order valence-electron chi connectivity index (χ4n) is 1.85. The Labute approximate surface area is 104 Å². The molecule has 16 heavy (non-hydrogen) atoms. The number of benzene rings is 1. The fourth-order valence-corrected chi connectivity index (χ4v) is 2.33. The molecule has 1 rings (SSSR count). The van der Waals surface area contributed by atoms with Gasteiger partial charge >= 0.3 is 0 Å². The monoisotopic (exact) mass is 239 g/mol. The molecule has 0 saturated heterocycles. The van der Waals surface area contributed by atoms with Gasteiger partial charge in [0.2, 0.25) is 0 Å². The van der Waals surface area contributed by atoms with Crippen LogP contribution in [0.3, 0.4) is 0 Å². The van der Waals surface area contributed by atoms with Gasteiger partial charge in [0.15, 0.2) is 0 Å². The summed E-state index contributed by atoms with van der Waals surface area (Å²) >= 11 is 6.04. The first kappa shape index (κ1) is 13.5. The topological polar surface area (TPSA) is 12.0 Å². The summed E-state index contributed by atoms with van der Waals surface area (Å²) in [5.74, 6) is 0.689. The number of nitrogens with one attached hydrogen (secondary N) is 1. The Kier molecular flexibility index (Phi) is 5.86. The van der Waals surface area contributed by atoms with E-state index < -0.39 is 0 Å². The Morgan fingerprint density at radius 3 is 2.25 bits per heavy atom. The highest BCUT2D eigenvalue weighted by molar-refractivity contribution is 6.18. The molecule has 0 aliphatic rings. The second-order valence-electron chi connectivity index (χ2n) is 4.28. The van der Waals surface area contributed by atoms with Crippen LogP contribution in [0.1, 0.15) is 32.3 Å². The van der Waals surface area contributed by atoms with E-state index in [9.17, 15) is 0 Å². The second-order valence-corrected chi connectivity index (χ2v) is 4.55. The molecule has 0 aliphatic carbocycles. The fraction of sp³-hybridized carbons (Fsp3) is 0.571. The molecule has 0 amide bonds. The van der Waals surface area contributed by atoms with Crippen LogP contribution in [0.25, 0.3) is 0 Å². The quantitative estimate of drug-likeness (QED) is 0.717. The Hall–Kier alpha value is -0.530. The van der Waals surface area contributed by atoms with Crippen LogP contribution in [-0.4, -0.2) is 18.0 Å². The molecule has 0 radical (unpaired) electrons. The Morgan fingerprint density at radius 2 is 1.75 bits per heavy atom. The number of alkyl halides is 1. The molecule has 0 spiro atoms. The minimum atomic E-state index is 0.121. The van der Waals surface area contributed by atoms with Crippen LogP contribution in [0.2, 0.25) is 0 Å². The van der Waals surface area contributed by atoms with E-state index in [0.717, 1.165) is 25.8 Å². The van der Waals surface area contributed by atoms with Gasteiger partial charge in [0, 0.05) is 11.4 Å². The van der Waals surface area contributed by atoms with Crippen molar-refractivity contribution in [2.75, 3.05) is 12.4 Å². The van der Waals surface area contributed by atoms with E-state index >= 15 is 0 Å². The SMILES string of the molecule is CCC(CC)(CCl)NCCc1ccccc1. The lowest BCUT2D eigenvalue weighted by Gasteiger charge is -2.30. The van der Waals surface area contributed by atoms with Gasteiger partial charge in [0.05, 0.1) is 0 Å². The van der Waals surface area contributed by atoms with Gasteiger partial charge in [-0.15, -0.1) is 11.6 Å². The molecule has 0 fully saturated rings. The predicted molar refractivity (Wildman–Crippen MR) is 72.2 cm³/mol. The van der Waals surface area contributed by atoms with E-state index in [1.807, 2.05) is 0 Å². The molecule has 0 bridgehead atoms. The summed E-state index contributed by atoms with van der Waals surface area (Å²) in [7, 11) is 0. The van der Waals surface area contributed by atoms with Gasteiger partial charge < -0.3 is 5.32 Å². The first-order chi connectivity index (χ1) is 7.76. The van der Waals surface area contributed by atoms with Crippen LogP contribution >= 0.6 is 11.6 Å². The molecule has 1 aromatic rings. The molecule has 1 N–H and O–H groups in total. The largest absolute Gasteiger partial charge is 0.310 e. The zero-order valence-electron chi connectivity index (χ0n) is 10.3. The lowest BCUT2D eigenvalue weighted by molar-refractivity contribution is 0.339. The average Bonchev–Trinajstić information content (AvgIpc) is 2.37. The van der Waals surface area contributed by atoms with Gasteiger partial charge in [0.25, 0.3) is 0 Å². The van der Waals surface area contributed by atoms with Crippen LogP contribution in [0.5, 0.6) is 0 Å². The standard InChI is InChI=1S/C14H22ClN/c1-3-14(4-2,12-15)16-11-10-13-8-6-5-7-9-13/h5-9,16H,3-4,10-12H2,1-2H3. The minimum absolute atomic E-state index is 0.121. The van der Waals surface area contributed by atoms with Gasteiger partial charge in [-0.1, -0.05) is 44.2 Å². The third-order valence-corrected chi connectivity index (χ3v) is 3.88. The maximum absolute atomic E-state index is 6.04. The van der Waals surface area contributed by atoms with Crippen molar-refractivity contribution in [1.29, 1.82) is 0 Å². The average molecular weight is 240 g/mol. The maximum Gasteiger partial charge on any atom is 0.0405 e. The van der Waals surface area contributed by atoms with Crippen molar-refractivity contribution < 1.29 is 0 Å². The molecule has 0 unspecified atom stereocenters. The summed E-state index contributed by atoms with van der Waals surface area (Å²) in [5, 5.41) is 3.60. The van der Waals surface area contributed by atoms with Gasteiger partial charge in [-0.3, -0.25) is 0 Å². The first-order valence-corrected chi connectivity index (χ1v) is 6.64. The zero-order chi connectivity index (χ0) is 11.9. The van der Waals surface area contributed by atoms with Crippen LogP contribution in [0.4, 0.5) is 0 Å². The smallest absolute Gasteiger partial charge is 0.0405 e. The minimum Gasteiger partial charge on any atom is -0.310 e. The Balaban J connectivity index is 2.39. The summed E-state index contributed by atoms with van der Waals surface area (Å²) in [5.41, 5.74) is 1.50. The third-order valence-electron chi connectivity index (χ3n) is 3.37. The van der Waals surface area contributed by atoms with Gasteiger partial charge in [-0.2, -0.15) is 0 Å². The van der Waals surface area contributed by atoms with E-state index in [4.69, 9.17) is 11.6 Å². The molecule has 1 aromatic carbocycles. The molecule has 1 nitrogen and oxygen atoms in total. The summed E-state index contributed by atoms with van der Waals surface area (Å²) in [6, 6.07) is 10.6. The molecule has 0 atom stereocenters. The van der Waals surface area contributed by atoms with Crippen LogP contribution in [0, 0.1) is 0 Å². The lowest BCUT2D eigenvalue weighted by Crippen LogP contribution is -2.46. The number of hydrogen-bond acceptors (Lipinski definition) is 1. The molecule has 0 heterocycles. The number of rotatable bonds is 7. The second kappa shape index (κ2) is 6.93. The summed E-state index contributed by atoms with van der Waals surface area (Å²) in [6.45, 7) is 5.39. The number of hydrogen-bond donors (Lipinski definition) is 1. The lowest BCUT2D eigenvalue weighted by atomic mass is 9.95. The third kappa shape index (κ3) is 3.80. The van der Waals surface area contributed by atoms with Gasteiger partial charge in [-0.05, 0) is 31.4 Å². The van der Waals surface area contributed by atoms with Crippen molar-refractivity contribution in [3.8, 4) is 0 Å². The van der Waals surface area contributed by atoms with E-state index in [2.05, 4.69) is 49.5 Å². The van der Waals surface area contributed by atoms with Crippen molar-refractivity contribution in [1.82, 2.24) is 5.32 Å². The van der Waals surface area contributed by atoms with E-state index in [0.29, 0.717) is 5.88 Å². The highest BCUT2D eigenvalue weighted by atomic mass is 35.5. The van der Waals surface area contributed by atoms with Crippen molar-refractivity contribution >= 4 is 11.6 Å². The first-order valence-electron chi connectivity index (χ1n) is 6.11. The van der Waals surface area contributed by atoms with Crippen LogP contribution < -0.4 is 5.32 Å². The summed E-state index contributed by atoms with van der Waals surface area (Å²) in [6.07, 6.45) is 3.24. The highest BCUT2D eigenvalue weighted by Crippen LogP contribution is 2.16. The molecule has 90 valence electrons. The normalized spacial score (nSPS) is 11.7. The predicted octanol–water partition coefficient (Wildman–Crippen LogP) is 3.62. The van der Waals surface area contributed by atoms with Crippen molar-refractivity contribution in [2.24, 2.45) is 0 Å². The van der Waals surface area contributed by atoms with Crippen LogP contribution in [-0.2, 0) is 6.42 Å². The van der Waals surface area contributed by atoms with Crippen molar-refractivity contribution in [2.45, 2.75) is 38.6 Å². The maximum atomic E-state index is 6.04. The molecular weight excluding hydrogens is 218 g/mol. The van der Waals surface area contributed by atoms with Crippen molar-refractivity contribution in [3.05, 3.63) is 35.9 Å². The zero-order valence-corrected chi connectivity index (χ0v) is 11.1. The summed E-state index contributed by atoms with van der Waals surface area (Å²) < 4.78 is 0. The highest BCUT2D eigenvalue weighted by Gasteiger charge is 2.23. The van der Waals surface area contributed by atoms with Crippen molar-refractivity contribution in [3.63, 3.8) is 0 Å². The number of halogens is 1. The van der Waals surface area contributed by atoms with E-state index in [-0.39, 0.29) is 5.54 Å². The molecule has 2 heteroatoms. The van der Waals surface area contributed by atoms with Gasteiger partial charge in [0.1, 0.15) is 0 Å². The molecule has 0 saturated carbocycles. The molecule has 0 aliphatic heterocycles.